The summed E-state index contributed by atoms with van der Waals surface area (Å²) in [5, 5.41) is 4.86. The van der Waals surface area contributed by atoms with E-state index in [0.29, 0.717) is 13.0 Å². The third-order valence-corrected chi connectivity index (χ3v) is 5.84. The number of imidazole rings is 2. The van der Waals surface area contributed by atoms with E-state index in [1.165, 1.54) is 22.5 Å². The molecule has 0 bridgehead atoms. The molecule has 4 heterocycles. The number of carbonyl (C=O) groups excluding carboxylic acids is 1. The lowest BCUT2D eigenvalue weighted by molar-refractivity contribution is -0.121. The molecule has 156 valence electrons. The van der Waals surface area contributed by atoms with Crippen LogP contribution in [0.5, 0.6) is 0 Å². The summed E-state index contributed by atoms with van der Waals surface area (Å²) in [5.41, 5.74) is 0.455. The summed E-state index contributed by atoms with van der Waals surface area (Å²) in [7, 11) is 4.87. The molecule has 0 aromatic carbocycles. The lowest BCUT2D eigenvalue weighted by Gasteiger charge is -2.08. The SMILES string of the molecule is Cn1cc(-c2cccs2)nc1CCNC(=O)Cn1cnc2c1c(=O)n(C)c(=O)n2C. The zero-order valence-electron chi connectivity index (χ0n) is 16.8. The van der Waals surface area contributed by atoms with Crippen LogP contribution >= 0.6 is 11.3 Å². The van der Waals surface area contributed by atoms with E-state index in [1.807, 2.05) is 35.3 Å². The second-order valence-corrected chi connectivity index (χ2v) is 7.93. The third-order valence-electron chi connectivity index (χ3n) is 4.95. The van der Waals surface area contributed by atoms with Crippen LogP contribution < -0.4 is 16.6 Å². The van der Waals surface area contributed by atoms with Crippen molar-refractivity contribution in [2.24, 2.45) is 21.1 Å². The molecule has 0 aliphatic heterocycles. The minimum atomic E-state index is -0.479. The fraction of sp³-hybridized carbons (Fsp3) is 0.316. The van der Waals surface area contributed by atoms with Crippen LogP contribution in [0.25, 0.3) is 21.7 Å². The first-order valence-electron chi connectivity index (χ1n) is 9.30. The first-order valence-corrected chi connectivity index (χ1v) is 10.2. The Morgan fingerprint density at radius 3 is 2.73 bits per heavy atom. The first kappa shape index (κ1) is 19.8. The zero-order valence-corrected chi connectivity index (χ0v) is 17.6. The number of hydrogen-bond acceptors (Lipinski definition) is 6. The van der Waals surface area contributed by atoms with Gasteiger partial charge in [0.25, 0.3) is 5.56 Å². The summed E-state index contributed by atoms with van der Waals surface area (Å²) < 4.78 is 5.71. The van der Waals surface area contributed by atoms with Crippen molar-refractivity contribution in [2.75, 3.05) is 6.54 Å². The molecular formula is C19H21N7O3S. The van der Waals surface area contributed by atoms with E-state index >= 15 is 0 Å². The van der Waals surface area contributed by atoms with E-state index in [9.17, 15) is 14.4 Å². The maximum absolute atomic E-state index is 12.4. The third kappa shape index (κ3) is 3.47. The molecule has 10 nitrogen and oxygen atoms in total. The van der Waals surface area contributed by atoms with Crippen molar-refractivity contribution < 1.29 is 4.79 Å². The maximum atomic E-state index is 12.4. The van der Waals surface area contributed by atoms with Gasteiger partial charge < -0.3 is 14.5 Å². The molecule has 0 spiro atoms. The Balaban J connectivity index is 1.43. The van der Waals surface area contributed by atoms with E-state index in [-0.39, 0.29) is 23.6 Å². The van der Waals surface area contributed by atoms with Crippen LogP contribution in [0, 0.1) is 0 Å². The molecule has 4 aromatic heterocycles. The fourth-order valence-electron chi connectivity index (χ4n) is 3.32. The first-order chi connectivity index (χ1) is 14.4. The van der Waals surface area contributed by atoms with E-state index < -0.39 is 11.2 Å². The topological polar surface area (TPSA) is 109 Å². The highest BCUT2D eigenvalue weighted by Crippen LogP contribution is 2.23. The van der Waals surface area contributed by atoms with Crippen LogP contribution in [0.2, 0.25) is 0 Å². The fourth-order valence-corrected chi connectivity index (χ4v) is 4.00. The number of nitrogens with zero attached hydrogens (tertiary/aromatic N) is 6. The maximum Gasteiger partial charge on any atom is 0.332 e. The number of nitrogens with one attached hydrogen (secondary N) is 1. The molecule has 0 fully saturated rings. The van der Waals surface area contributed by atoms with Gasteiger partial charge in [0.15, 0.2) is 11.2 Å². The number of aryl methyl sites for hydroxylation is 2. The molecule has 0 aliphatic rings. The standard InChI is InChI=1S/C19H21N7O3S/c1-23-9-12(13-5-4-8-30-13)22-14(23)6-7-20-15(27)10-26-11-21-17-16(26)18(28)25(3)19(29)24(17)2/h4-5,8-9,11H,6-7,10H2,1-3H3,(H,20,27). The van der Waals surface area contributed by atoms with Crippen molar-refractivity contribution in [1.82, 2.24) is 33.6 Å². The van der Waals surface area contributed by atoms with Crippen molar-refractivity contribution in [1.29, 1.82) is 0 Å². The number of amides is 1. The Morgan fingerprint density at radius 1 is 1.20 bits per heavy atom. The predicted molar refractivity (Wildman–Crippen MR) is 113 cm³/mol. The lowest BCUT2D eigenvalue weighted by Crippen LogP contribution is -2.38. The van der Waals surface area contributed by atoms with Crippen LogP contribution in [-0.4, -0.2) is 40.7 Å². The molecule has 0 saturated carbocycles. The second kappa shape index (κ2) is 7.75. The van der Waals surface area contributed by atoms with Gasteiger partial charge in [0, 0.05) is 40.3 Å². The largest absolute Gasteiger partial charge is 0.354 e. The van der Waals surface area contributed by atoms with Crippen molar-refractivity contribution in [2.45, 2.75) is 13.0 Å². The van der Waals surface area contributed by atoms with E-state index in [4.69, 9.17) is 0 Å². The quantitative estimate of drug-likeness (QED) is 0.475. The highest BCUT2D eigenvalue weighted by atomic mass is 32.1. The smallest absolute Gasteiger partial charge is 0.332 e. The molecule has 0 unspecified atom stereocenters. The number of carbonyl (C=O) groups is 1. The van der Waals surface area contributed by atoms with Gasteiger partial charge in [-0.05, 0) is 11.4 Å². The summed E-state index contributed by atoms with van der Waals surface area (Å²) in [6.07, 6.45) is 3.95. The number of fused-ring (bicyclic) bond motifs is 1. The van der Waals surface area contributed by atoms with Crippen molar-refractivity contribution in [3.05, 3.63) is 56.7 Å². The Bertz CT molecular complexity index is 1340. The summed E-state index contributed by atoms with van der Waals surface area (Å²) in [6.45, 7) is 0.349. The minimum Gasteiger partial charge on any atom is -0.354 e. The van der Waals surface area contributed by atoms with Gasteiger partial charge in [-0.15, -0.1) is 11.3 Å². The Hall–Kier alpha value is -3.47. The van der Waals surface area contributed by atoms with Crippen molar-refractivity contribution in [3.8, 4) is 10.6 Å². The van der Waals surface area contributed by atoms with Gasteiger partial charge in [-0.3, -0.25) is 18.7 Å². The lowest BCUT2D eigenvalue weighted by atomic mass is 10.4. The van der Waals surface area contributed by atoms with E-state index in [0.717, 1.165) is 21.0 Å². The Labute approximate surface area is 175 Å². The number of aromatic nitrogens is 6. The summed E-state index contributed by atoms with van der Waals surface area (Å²) in [5.74, 6) is 0.619. The van der Waals surface area contributed by atoms with Crippen molar-refractivity contribution >= 4 is 28.4 Å². The molecule has 1 amide bonds. The molecule has 30 heavy (non-hydrogen) atoms. The van der Waals surface area contributed by atoms with Gasteiger partial charge >= 0.3 is 5.69 Å². The zero-order chi connectivity index (χ0) is 21.4. The van der Waals surface area contributed by atoms with Crippen molar-refractivity contribution in [3.63, 3.8) is 0 Å². The van der Waals surface area contributed by atoms with Crippen LogP contribution in [0.4, 0.5) is 0 Å². The van der Waals surface area contributed by atoms with E-state index in [1.54, 1.807) is 18.4 Å². The number of hydrogen-bond donors (Lipinski definition) is 1. The molecule has 1 N–H and O–H groups in total. The van der Waals surface area contributed by atoms with Crippen LogP contribution in [-0.2, 0) is 38.9 Å². The van der Waals surface area contributed by atoms with Gasteiger partial charge in [0.05, 0.1) is 16.9 Å². The normalized spacial score (nSPS) is 11.3. The monoisotopic (exact) mass is 427 g/mol. The molecule has 0 saturated heterocycles. The molecule has 0 atom stereocenters. The van der Waals surface area contributed by atoms with Gasteiger partial charge in [0.1, 0.15) is 12.4 Å². The summed E-state index contributed by atoms with van der Waals surface area (Å²) in [6, 6.07) is 4.01. The second-order valence-electron chi connectivity index (χ2n) is 6.98. The number of rotatable bonds is 6. The molecule has 0 radical (unpaired) electrons. The molecule has 0 aliphatic carbocycles. The highest BCUT2D eigenvalue weighted by Gasteiger charge is 2.16. The Kier molecular flexibility index (Phi) is 5.12. The molecular weight excluding hydrogens is 406 g/mol. The summed E-state index contributed by atoms with van der Waals surface area (Å²) in [4.78, 5) is 46.7. The van der Waals surface area contributed by atoms with E-state index in [2.05, 4.69) is 15.3 Å². The van der Waals surface area contributed by atoms with Crippen LogP contribution in [0.15, 0.2) is 39.6 Å². The predicted octanol–water partition coefficient (Wildman–Crippen LogP) is 0.255. The van der Waals surface area contributed by atoms with Gasteiger partial charge in [-0.1, -0.05) is 6.07 Å². The highest BCUT2D eigenvalue weighted by molar-refractivity contribution is 7.13. The molecule has 4 rings (SSSR count). The summed E-state index contributed by atoms with van der Waals surface area (Å²) >= 11 is 1.63. The van der Waals surface area contributed by atoms with Gasteiger partial charge in [-0.2, -0.15) is 0 Å². The average Bonchev–Trinajstić information content (AvgIpc) is 3.45. The average molecular weight is 427 g/mol. The van der Waals surface area contributed by atoms with Crippen LogP contribution in [0.3, 0.4) is 0 Å². The van der Waals surface area contributed by atoms with Gasteiger partial charge in [-0.25, -0.2) is 14.8 Å². The van der Waals surface area contributed by atoms with Crippen LogP contribution in [0.1, 0.15) is 5.82 Å². The number of thiophene rings is 1. The molecule has 4 aromatic rings. The Morgan fingerprint density at radius 2 is 2.00 bits per heavy atom. The minimum absolute atomic E-state index is 0.0645. The van der Waals surface area contributed by atoms with Gasteiger partial charge in [0.2, 0.25) is 5.91 Å². The molecule has 11 heteroatoms.